The van der Waals surface area contributed by atoms with Crippen LogP contribution in [-0.2, 0) is 4.79 Å². The average molecular weight is 298 g/mol. The van der Waals surface area contributed by atoms with Crippen molar-refractivity contribution in [1.82, 2.24) is 0 Å². The Labute approximate surface area is 133 Å². The lowest BCUT2D eigenvalue weighted by atomic mass is 9.48. The average Bonchev–Trinajstić information content (AvgIpc) is 2.46. The van der Waals surface area contributed by atoms with E-state index < -0.39 is 0 Å². The lowest BCUT2D eigenvalue weighted by Gasteiger charge is -2.56. The summed E-state index contributed by atoms with van der Waals surface area (Å²) in [5, 5.41) is 9.61. The lowest BCUT2D eigenvalue weighted by Crippen LogP contribution is -2.49. The number of rotatable bonds is 4. The molecule has 0 radical (unpaired) electrons. The first-order valence-corrected chi connectivity index (χ1v) is 8.89. The molecule has 0 amide bonds. The number of hydrogen-bond acceptors (Lipinski definition) is 2. The first-order valence-electron chi connectivity index (χ1n) is 8.89. The zero-order valence-electron chi connectivity index (χ0n) is 13.2. The molecule has 22 heavy (non-hydrogen) atoms. The molecule has 0 aromatic carbocycles. The van der Waals surface area contributed by atoms with Crippen molar-refractivity contribution in [2.24, 2.45) is 23.2 Å². The molecule has 0 aromatic heterocycles. The number of ketones is 1. The van der Waals surface area contributed by atoms with E-state index in [1.165, 1.54) is 19.3 Å². The molecular formula is C20H26O2. The van der Waals surface area contributed by atoms with Crippen LogP contribution in [0.25, 0.3) is 0 Å². The van der Waals surface area contributed by atoms with Crippen molar-refractivity contribution in [2.45, 2.75) is 57.5 Å². The van der Waals surface area contributed by atoms with Gasteiger partial charge in [0.15, 0.2) is 0 Å². The van der Waals surface area contributed by atoms with Gasteiger partial charge < -0.3 is 5.11 Å². The first-order chi connectivity index (χ1) is 10.6. The number of hydrogen-bond donors (Lipinski definition) is 1. The molecule has 4 bridgehead atoms. The summed E-state index contributed by atoms with van der Waals surface area (Å²) >= 11 is 0. The van der Waals surface area contributed by atoms with E-state index in [4.69, 9.17) is 0 Å². The monoisotopic (exact) mass is 298 g/mol. The van der Waals surface area contributed by atoms with E-state index >= 15 is 0 Å². The normalized spacial score (nSPS) is 42.9. The molecule has 5 rings (SSSR count). The highest BCUT2D eigenvalue weighted by Crippen LogP contribution is 2.60. The van der Waals surface area contributed by atoms with E-state index in [1.54, 1.807) is 0 Å². The van der Waals surface area contributed by atoms with Gasteiger partial charge in [0.1, 0.15) is 5.78 Å². The highest BCUT2D eigenvalue weighted by molar-refractivity contribution is 5.86. The van der Waals surface area contributed by atoms with Crippen molar-refractivity contribution in [3.05, 3.63) is 36.0 Å². The number of allylic oxidation sites excluding steroid dienone is 4. The Morgan fingerprint density at radius 2 is 1.82 bits per heavy atom. The topological polar surface area (TPSA) is 37.3 Å². The van der Waals surface area contributed by atoms with Crippen LogP contribution in [-0.4, -0.2) is 17.0 Å². The number of aliphatic hydroxyl groups is 1. The van der Waals surface area contributed by atoms with Crippen molar-refractivity contribution < 1.29 is 9.90 Å². The maximum absolute atomic E-state index is 12.9. The molecule has 118 valence electrons. The van der Waals surface area contributed by atoms with Crippen LogP contribution in [0.3, 0.4) is 0 Å². The van der Waals surface area contributed by atoms with Crippen LogP contribution in [0.2, 0.25) is 0 Å². The Balaban J connectivity index is 1.41. The van der Waals surface area contributed by atoms with Gasteiger partial charge >= 0.3 is 0 Å². The standard InChI is InChI=1S/C20H26O2/c21-18-5-1-3-14(10-18)4-2-6-19(22)20-11-15-7-16(12-20)9-17(8-15)13-20/h1-4,10,15-18,21H,5-9,11-13H2/b4-2+. The molecule has 0 heterocycles. The van der Waals surface area contributed by atoms with E-state index in [1.807, 2.05) is 30.4 Å². The molecule has 5 aliphatic rings. The molecule has 0 aliphatic heterocycles. The van der Waals surface area contributed by atoms with Gasteiger partial charge in [0.05, 0.1) is 6.10 Å². The van der Waals surface area contributed by atoms with Crippen molar-refractivity contribution >= 4 is 5.78 Å². The Kier molecular flexibility index (Phi) is 3.60. The van der Waals surface area contributed by atoms with Crippen molar-refractivity contribution in [3.8, 4) is 0 Å². The van der Waals surface area contributed by atoms with Gasteiger partial charge in [0.25, 0.3) is 0 Å². The quantitative estimate of drug-likeness (QED) is 0.853. The SMILES string of the molecule is O=C(C/C=C/C1=CC(O)CC=C1)C12CC3CC(CC(C3)C1)C2. The number of aliphatic hydroxyl groups excluding tert-OH is 1. The van der Waals surface area contributed by atoms with Crippen LogP contribution >= 0.6 is 0 Å². The van der Waals surface area contributed by atoms with Gasteiger partial charge in [-0.1, -0.05) is 24.3 Å². The summed E-state index contributed by atoms with van der Waals surface area (Å²) in [6, 6.07) is 0. The fourth-order valence-corrected chi connectivity index (χ4v) is 5.77. The second-order valence-corrected chi connectivity index (χ2v) is 8.10. The maximum atomic E-state index is 12.9. The second kappa shape index (κ2) is 5.49. The summed E-state index contributed by atoms with van der Waals surface area (Å²) in [5.74, 6) is 2.97. The van der Waals surface area contributed by atoms with E-state index in [0.717, 1.165) is 42.6 Å². The molecule has 5 aliphatic carbocycles. The summed E-state index contributed by atoms with van der Waals surface area (Å²) in [6.07, 6.45) is 18.4. The fourth-order valence-electron chi connectivity index (χ4n) is 5.77. The molecule has 0 spiro atoms. The number of Topliss-reactive ketones (excluding diaryl/α,β-unsaturated/α-hetero) is 1. The minimum absolute atomic E-state index is 0.0232. The molecule has 0 saturated heterocycles. The summed E-state index contributed by atoms with van der Waals surface area (Å²) in [6.45, 7) is 0. The van der Waals surface area contributed by atoms with Crippen LogP contribution in [0.5, 0.6) is 0 Å². The van der Waals surface area contributed by atoms with E-state index in [0.29, 0.717) is 18.6 Å². The zero-order valence-corrected chi connectivity index (χ0v) is 13.2. The molecule has 1 N–H and O–H groups in total. The highest BCUT2D eigenvalue weighted by Gasteiger charge is 2.53. The smallest absolute Gasteiger partial charge is 0.142 e. The fraction of sp³-hybridized carbons (Fsp3) is 0.650. The van der Waals surface area contributed by atoms with Gasteiger partial charge in [-0.15, -0.1) is 0 Å². The largest absolute Gasteiger partial charge is 0.389 e. The third kappa shape index (κ3) is 2.62. The van der Waals surface area contributed by atoms with Crippen LogP contribution in [0.15, 0.2) is 36.0 Å². The highest BCUT2D eigenvalue weighted by atomic mass is 16.3. The Morgan fingerprint density at radius 3 is 2.41 bits per heavy atom. The molecule has 1 unspecified atom stereocenters. The number of carbonyl (C=O) groups excluding carboxylic acids is 1. The predicted octanol–water partition coefficient (Wildman–Crippen LogP) is 3.97. The van der Waals surface area contributed by atoms with Gasteiger partial charge in [-0.2, -0.15) is 0 Å². The molecule has 4 saturated carbocycles. The van der Waals surface area contributed by atoms with Crippen LogP contribution in [0.4, 0.5) is 0 Å². The molecule has 4 fully saturated rings. The van der Waals surface area contributed by atoms with Gasteiger partial charge in [0.2, 0.25) is 0 Å². The molecule has 0 aromatic rings. The molecule has 2 heteroatoms. The van der Waals surface area contributed by atoms with Crippen LogP contribution in [0.1, 0.15) is 51.4 Å². The van der Waals surface area contributed by atoms with Crippen molar-refractivity contribution in [1.29, 1.82) is 0 Å². The lowest BCUT2D eigenvalue weighted by molar-refractivity contribution is -0.142. The third-order valence-electron chi connectivity index (χ3n) is 6.32. The number of carbonyl (C=O) groups is 1. The Hall–Kier alpha value is -1.15. The second-order valence-electron chi connectivity index (χ2n) is 8.10. The summed E-state index contributed by atoms with van der Waals surface area (Å²) < 4.78 is 0. The maximum Gasteiger partial charge on any atom is 0.142 e. The minimum Gasteiger partial charge on any atom is -0.389 e. The predicted molar refractivity (Wildman–Crippen MR) is 87.2 cm³/mol. The summed E-state index contributed by atoms with van der Waals surface area (Å²) in [4.78, 5) is 12.9. The summed E-state index contributed by atoms with van der Waals surface area (Å²) in [7, 11) is 0. The molecule has 2 nitrogen and oxygen atoms in total. The minimum atomic E-state index is -0.372. The Morgan fingerprint density at radius 1 is 1.18 bits per heavy atom. The van der Waals surface area contributed by atoms with Gasteiger partial charge in [0, 0.05) is 11.8 Å². The van der Waals surface area contributed by atoms with Gasteiger partial charge in [-0.25, -0.2) is 0 Å². The van der Waals surface area contributed by atoms with E-state index in [-0.39, 0.29) is 11.5 Å². The van der Waals surface area contributed by atoms with E-state index in [2.05, 4.69) is 0 Å². The summed E-state index contributed by atoms with van der Waals surface area (Å²) in [5.41, 5.74) is 1.05. The van der Waals surface area contributed by atoms with Crippen molar-refractivity contribution in [3.63, 3.8) is 0 Å². The Bertz CT molecular complexity index is 517. The molecule has 1 atom stereocenters. The third-order valence-corrected chi connectivity index (χ3v) is 6.32. The zero-order chi connectivity index (χ0) is 15.2. The van der Waals surface area contributed by atoms with Crippen LogP contribution in [0, 0.1) is 23.2 Å². The van der Waals surface area contributed by atoms with Gasteiger partial charge in [-0.3, -0.25) is 4.79 Å². The molecular weight excluding hydrogens is 272 g/mol. The van der Waals surface area contributed by atoms with Gasteiger partial charge in [-0.05, 0) is 74.3 Å². The van der Waals surface area contributed by atoms with E-state index in [9.17, 15) is 9.90 Å². The van der Waals surface area contributed by atoms with Crippen LogP contribution < -0.4 is 0 Å². The van der Waals surface area contributed by atoms with Crippen molar-refractivity contribution in [2.75, 3.05) is 0 Å². The first kappa shape index (κ1) is 14.4.